The van der Waals surface area contributed by atoms with Gasteiger partial charge in [0, 0.05) is 23.2 Å². The van der Waals surface area contributed by atoms with Crippen molar-refractivity contribution in [3.8, 4) is 11.5 Å². The lowest BCUT2D eigenvalue weighted by atomic mass is 10.1. The fraction of sp³-hybridized carbons (Fsp3) is 0.400. The fourth-order valence-corrected chi connectivity index (χ4v) is 2.79. The van der Waals surface area contributed by atoms with Crippen LogP contribution in [0.2, 0.25) is 15.1 Å². The maximum Gasteiger partial charge on any atom is 0.163 e. The summed E-state index contributed by atoms with van der Waals surface area (Å²) in [7, 11) is 0. The lowest BCUT2D eigenvalue weighted by molar-refractivity contribution is 0.269. The van der Waals surface area contributed by atoms with Crippen LogP contribution in [0.3, 0.4) is 0 Å². The smallest absolute Gasteiger partial charge is 0.163 e. The molecule has 0 spiro atoms. The highest BCUT2D eigenvalue weighted by Crippen LogP contribution is 2.34. The number of rotatable bonds is 7. The first-order chi connectivity index (χ1) is 12.2. The molecule has 6 heteroatoms. The fourth-order valence-electron chi connectivity index (χ4n) is 2.24. The van der Waals surface area contributed by atoms with Gasteiger partial charge >= 0.3 is 0 Å². The van der Waals surface area contributed by atoms with Crippen LogP contribution in [0.25, 0.3) is 0 Å². The Hall–Kier alpha value is -1.13. The summed E-state index contributed by atoms with van der Waals surface area (Å²) >= 11 is 18.4. The molecular weight excluding hydrogens is 393 g/mol. The molecule has 3 nitrogen and oxygen atoms in total. The minimum Gasteiger partial charge on any atom is -0.490 e. The lowest BCUT2D eigenvalue weighted by Crippen LogP contribution is -2.35. The van der Waals surface area contributed by atoms with Gasteiger partial charge in [-0.2, -0.15) is 0 Å². The molecule has 0 aliphatic heterocycles. The van der Waals surface area contributed by atoms with Crippen LogP contribution in [0.5, 0.6) is 11.5 Å². The Bertz CT molecular complexity index is 757. The van der Waals surface area contributed by atoms with Crippen molar-refractivity contribution < 1.29 is 9.47 Å². The van der Waals surface area contributed by atoms with Crippen molar-refractivity contribution in [1.82, 2.24) is 5.32 Å². The van der Waals surface area contributed by atoms with Gasteiger partial charge in [0.15, 0.2) is 11.5 Å². The predicted octanol–water partition coefficient (Wildman–Crippen LogP) is 6.51. The standard InChI is InChI=1S/C20H24Cl3NO2/c1-5-25-18-9-14(11-24-20(2,3)4)16(22)10-19(18)26-12-13-6-7-15(21)17(23)8-13/h6-10,24H,5,11-12H2,1-4H3. The Morgan fingerprint density at radius 3 is 2.19 bits per heavy atom. The van der Waals surface area contributed by atoms with E-state index in [0.717, 1.165) is 11.1 Å². The third-order valence-electron chi connectivity index (χ3n) is 3.60. The van der Waals surface area contributed by atoms with Crippen molar-refractivity contribution in [3.63, 3.8) is 0 Å². The lowest BCUT2D eigenvalue weighted by Gasteiger charge is -2.22. The molecule has 0 aliphatic rings. The second-order valence-electron chi connectivity index (χ2n) is 6.96. The summed E-state index contributed by atoms with van der Waals surface area (Å²) in [5.74, 6) is 1.27. The Morgan fingerprint density at radius 1 is 0.885 bits per heavy atom. The summed E-state index contributed by atoms with van der Waals surface area (Å²) in [6.07, 6.45) is 0. The van der Waals surface area contributed by atoms with E-state index in [1.54, 1.807) is 18.2 Å². The molecule has 2 aromatic carbocycles. The molecule has 0 saturated carbocycles. The van der Waals surface area contributed by atoms with Crippen LogP contribution in [0, 0.1) is 0 Å². The molecule has 0 heterocycles. The van der Waals surface area contributed by atoms with Crippen molar-refractivity contribution in [2.24, 2.45) is 0 Å². The topological polar surface area (TPSA) is 30.5 Å². The molecule has 0 saturated heterocycles. The van der Waals surface area contributed by atoms with E-state index in [1.807, 2.05) is 19.1 Å². The normalized spacial score (nSPS) is 11.5. The van der Waals surface area contributed by atoms with Crippen LogP contribution in [-0.4, -0.2) is 12.1 Å². The molecule has 2 aromatic rings. The second-order valence-corrected chi connectivity index (χ2v) is 8.19. The van der Waals surface area contributed by atoms with Gasteiger partial charge in [-0.15, -0.1) is 0 Å². The Morgan fingerprint density at radius 2 is 1.58 bits per heavy atom. The van der Waals surface area contributed by atoms with Gasteiger partial charge in [-0.25, -0.2) is 0 Å². The molecule has 0 aliphatic carbocycles. The van der Waals surface area contributed by atoms with E-state index in [0.29, 0.717) is 46.3 Å². The van der Waals surface area contributed by atoms with Crippen molar-refractivity contribution in [2.75, 3.05) is 6.61 Å². The first-order valence-electron chi connectivity index (χ1n) is 8.46. The first kappa shape index (κ1) is 21.2. The average molecular weight is 417 g/mol. The second kappa shape index (κ2) is 9.18. The monoisotopic (exact) mass is 415 g/mol. The minimum absolute atomic E-state index is 0.00186. The molecular formula is C20H24Cl3NO2. The molecule has 0 fully saturated rings. The summed E-state index contributed by atoms with van der Waals surface area (Å²) in [6.45, 7) is 9.79. The van der Waals surface area contributed by atoms with Gasteiger partial charge in [0.2, 0.25) is 0 Å². The predicted molar refractivity (Wildman–Crippen MR) is 110 cm³/mol. The zero-order valence-electron chi connectivity index (χ0n) is 15.5. The van der Waals surface area contributed by atoms with Gasteiger partial charge in [0.1, 0.15) is 6.61 Å². The third kappa shape index (κ3) is 6.24. The zero-order chi connectivity index (χ0) is 19.3. The van der Waals surface area contributed by atoms with Crippen molar-refractivity contribution in [2.45, 2.75) is 46.4 Å². The number of nitrogens with one attached hydrogen (secondary N) is 1. The first-order valence-corrected chi connectivity index (χ1v) is 9.60. The van der Waals surface area contributed by atoms with Crippen molar-refractivity contribution in [1.29, 1.82) is 0 Å². The van der Waals surface area contributed by atoms with Gasteiger partial charge in [-0.05, 0) is 57.0 Å². The molecule has 26 heavy (non-hydrogen) atoms. The van der Waals surface area contributed by atoms with Crippen molar-refractivity contribution >= 4 is 34.8 Å². The SMILES string of the molecule is CCOc1cc(CNC(C)(C)C)c(Cl)cc1OCc1ccc(Cl)c(Cl)c1. The number of benzene rings is 2. The average Bonchev–Trinajstić information content (AvgIpc) is 2.56. The van der Waals surface area contributed by atoms with E-state index in [-0.39, 0.29) is 5.54 Å². The van der Waals surface area contributed by atoms with Crippen LogP contribution in [0.15, 0.2) is 30.3 Å². The van der Waals surface area contributed by atoms with E-state index in [4.69, 9.17) is 44.3 Å². The van der Waals surface area contributed by atoms with Gasteiger partial charge in [0.25, 0.3) is 0 Å². The zero-order valence-corrected chi connectivity index (χ0v) is 17.7. The summed E-state index contributed by atoms with van der Waals surface area (Å²) < 4.78 is 11.7. The van der Waals surface area contributed by atoms with Crippen LogP contribution in [0.4, 0.5) is 0 Å². The van der Waals surface area contributed by atoms with Crippen molar-refractivity contribution in [3.05, 3.63) is 56.5 Å². The van der Waals surface area contributed by atoms with E-state index in [2.05, 4.69) is 26.1 Å². The highest BCUT2D eigenvalue weighted by molar-refractivity contribution is 6.42. The highest BCUT2D eigenvalue weighted by Gasteiger charge is 2.14. The molecule has 0 bridgehead atoms. The summed E-state index contributed by atoms with van der Waals surface area (Å²) in [5.41, 5.74) is 1.88. The molecule has 0 unspecified atom stereocenters. The van der Waals surface area contributed by atoms with E-state index >= 15 is 0 Å². The maximum absolute atomic E-state index is 6.44. The van der Waals surface area contributed by atoms with E-state index < -0.39 is 0 Å². The van der Waals surface area contributed by atoms with Gasteiger partial charge < -0.3 is 14.8 Å². The summed E-state index contributed by atoms with van der Waals surface area (Å²) in [6, 6.07) is 9.13. The van der Waals surface area contributed by atoms with E-state index in [1.165, 1.54) is 0 Å². The largest absolute Gasteiger partial charge is 0.490 e. The van der Waals surface area contributed by atoms with Gasteiger partial charge in [0.05, 0.1) is 16.7 Å². The van der Waals surface area contributed by atoms with E-state index in [9.17, 15) is 0 Å². The Kier molecular flexibility index (Phi) is 7.48. The quantitative estimate of drug-likeness (QED) is 0.558. The minimum atomic E-state index is -0.00186. The van der Waals surface area contributed by atoms with Gasteiger partial charge in [-0.1, -0.05) is 40.9 Å². The summed E-state index contributed by atoms with van der Waals surface area (Å²) in [5, 5.41) is 5.08. The molecule has 1 N–H and O–H groups in total. The van der Waals surface area contributed by atoms with Crippen LogP contribution < -0.4 is 14.8 Å². The summed E-state index contributed by atoms with van der Waals surface area (Å²) in [4.78, 5) is 0. The number of ether oxygens (including phenoxy) is 2. The van der Waals surface area contributed by atoms with Crippen LogP contribution >= 0.6 is 34.8 Å². The molecule has 2 rings (SSSR count). The van der Waals surface area contributed by atoms with Crippen LogP contribution in [-0.2, 0) is 13.2 Å². The molecule has 0 amide bonds. The number of halogens is 3. The van der Waals surface area contributed by atoms with Crippen LogP contribution in [0.1, 0.15) is 38.8 Å². The third-order valence-corrected chi connectivity index (χ3v) is 4.69. The molecule has 0 aromatic heterocycles. The maximum atomic E-state index is 6.44. The highest BCUT2D eigenvalue weighted by atomic mass is 35.5. The Labute approximate surface area is 170 Å². The number of hydrogen-bond acceptors (Lipinski definition) is 3. The van der Waals surface area contributed by atoms with Gasteiger partial charge in [-0.3, -0.25) is 0 Å². The molecule has 0 atom stereocenters. The molecule has 142 valence electrons. The Balaban J connectivity index is 2.18. The number of hydrogen-bond donors (Lipinski definition) is 1. The molecule has 0 radical (unpaired) electrons.